The molecule has 1 aromatic rings. The van der Waals surface area contributed by atoms with Crippen LogP contribution in [-0.4, -0.2) is 36.7 Å². The fourth-order valence-corrected chi connectivity index (χ4v) is 3.11. The van der Waals surface area contributed by atoms with Gasteiger partial charge in [0.1, 0.15) is 12.7 Å². The van der Waals surface area contributed by atoms with Gasteiger partial charge in [0.05, 0.1) is 12.0 Å². The first kappa shape index (κ1) is 14.5. The van der Waals surface area contributed by atoms with Crippen molar-refractivity contribution in [3.8, 4) is 0 Å². The molecule has 5 atom stereocenters. The number of aliphatic hydroxyl groups is 1. The van der Waals surface area contributed by atoms with Crippen LogP contribution < -0.4 is 0 Å². The molecule has 0 aromatic heterocycles. The number of esters is 1. The molecule has 2 unspecified atom stereocenters. The molecule has 1 aliphatic carbocycles. The summed E-state index contributed by atoms with van der Waals surface area (Å²) >= 11 is 0. The van der Waals surface area contributed by atoms with Crippen molar-refractivity contribution in [1.82, 2.24) is 0 Å². The van der Waals surface area contributed by atoms with Crippen LogP contribution in [0.4, 0.5) is 0 Å². The van der Waals surface area contributed by atoms with Crippen LogP contribution >= 0.6 is 0 Å². The molecule has 0 amide bonds. The third-order valence-electron chi connectivity index (χ3n) is 4.25. The van der Waals surface area contributed by atoms with E-state index < -0.39 is 6.10 Å². The van der Waals surface area contributed by atoms with E-state index in [0.29, 0.717) is 12.8 Å². The number of methoxy groups -OCH3 is 1. The normalized spacial score (nSPS) is 34.7. The topological polar surface area (TPSA) is 68.3 Å². The quantitative estimate of drug-likeness (QED) is 0.658. The molecule has 1 saturated carbocycles. The fourth-order valence-electron chi connectivity index (χ4n) is 3.11. The second-order valence-corrected chi connectivity index (χ2v) is 5.69. The van der Waals surface area contributed by atoms with Gasteiger partial charge in [-0.05, 0) is 18.4 Å². The molecule has 1 aliphatic heterocycles. The summed E-state index contributed by atoms with van der Waals surface area (Å²) in [7, 11) is 1.58. The molecule has 1 N–H and O–H groups in total. The lowest BCUT2D eigenvalue weighted by atomic mass is 9.93. The zero-order valence-corrected chi connectivity index (χ0v) is 12.0. The SMILES string of the molecule is COC1OC1[C@@H]1C[C@H](O)C[C@H]1C(=O)OCc1ccccc1. The lowest BCUT2D eigenvalue weighted by molar-refractivity contribution is -0.151. The van der Waals surface area contributed by atoms with Crippen LogP contribution in [-0.2, 0) is 25.6 Å². The van der Waals surface area contributed by atoms with Crippen molar-refractivity contribution >= 4 is 5.97 Å². The Hall–Kier alpha value is -1.43. The molecule has 114 valence electrons. The first-order chi connectivity index (χ1) is 10.2. The van der Waals surface area contributed by atoms with Crippen LogP contribution in [0.3, 0.4) is 0 Å². The Labute approximate surface area is 123 Å². The second kappa shape index (κ2) is 6.13. The van der Waals surface area contributed by atoms with Gasteiger partial charge < -0.3 is 19.3 Å². The van der Waals surface area contributed by atoms with Gasteiger partial charge >= 0.3 is 5.97 Å². The smallest absolute Gasteiger partial charge is 0.309 e. The zero-order chi connectivity index (χ0) is 14.8. The van der Waals surface area contributed by atoms with Gasteiger partial charge in [0.15, 0.2) is 6.29 Å². The number of carbonyl (C=O) groups is 1. The maximum absolute atomic E-state index is 12.3. The number of hydrogen-bond acceptors (Lipinski definition) is 5. The van der Waals surface area contributed by atoms with Crippen LogP contribution in [0.15, 0.2) is 30.3 Å². The molecule has 2 aliphatic rings. The van der Waals surface area contributed by atoms with Crippen molar-refractivity contribution in [2.24, 2.45) is 11.8 Å². The number of aliphatic hydroxyl groups excluding tert-OH is 1. The zero-order valence-electron chi connectivity index (χ0n) is 12.0. The number of ether oxygens (including phenoxy) is 3. The van der Waals surface area contributed by atoms with Gasteiger partial charge in [-0.3, -0.25) is 4.79 Å². The third kappa shape index (κ3) is 3.26. The van der Waals surface area contributed by atoms with Crippen LogP contribution in [0.25, 0.3) is 0 Å². The average Bonchev–Trinajstić information content (AvgIpc) is 3.20. The van der Waals surface area contributed by atoms with E-state index in [1.54, 1.807) is 7.11 Å². The highest BCUT2D eigenvalue weighted by Gasteiger charge is 2.54. The van der Waals surface area contributed by atoms with Crippen LogP contribution in [0, 0.1) is 11.8 Å². The van der Waals surface area contributed by atoms with E-state index >= 15 is 0 Å². The van der Waals surface area contributed by atoms with Gasteiger partial charge in [-0.15, -0.1) is 0 Å². The maximum atomic E-state index is 12.3. The van der Waals surface area contributed by atoms with Crippen molar-refractivity contribution < 1.29 is 24.1 Å². The summed E-state index contributed by atoms with van der Waals surface area (Å²) in [6.45, 7) is 0.262. The first-order valence-electron chi connectivity index (χ1n) is 7.26. The summed E-state index contributed by atoms with van der Waals surface area (Å²) < 4.78 is 15.9. The Bertz CT molecular complexity index is 489. The number of benzene rings is 1. The third-order valence-corrected chi connectivity index (χ3v) is 4.25. The minimum Gasteiger partial charge on any atom is -0.461 e. The number of carbonyl (C=O) groups excluding carboxylic acids is 1. The summed E-state index contributed by atoms with van der Waals surface area (Å²) in [5.41, 5.74) is 0.957. The van der Waals surface area contributed by atoms with E-state index in [4.69, 9.17) is 14.2 Å². The molecular weight excluding hydrogens is 272 g/mol. The van der Waals surface area contributed by atoms with Crippen molar-refractivity contribution in [1.29, 1.82) is 0 Å². The highest BCUT2D eigenvalue weighted by Crippen LogP contribution is 2.44. The van der Waals surface area contributed by atoms with E-state index in [1.807, 2.05) is 30.3 Å². The Balaban J connectivity index is 1.58. The summed E-state index contributed by atoms with van der Waals surface area (Å²) in [6.07, 6.45) is 0.196. The monoisotopic (exact) mass is 292 g/mol. The van der Waals surface area contributed by atoms with Gasteiger partial charge in [0.2, 0.25) is 0 Å². The molecule has 5 nitrogen and oxygen atoms in total. The average molecular weight is 292 g/mol. The molecule has 0 spiro atoms. The van der Waals surface area contributed by atoms with Crippen LogP contribution in [0.2, 0.25) is 0 Å². The van der Waals surface area contributed by atoms with Crippen LogP contribution in [0.5, 0.6) is 0 Å². The molecule has 1 heterocycles. The van der Waals surface area contributed by atoms with E-state index in [9.17, 15) is 9.90 Å². The lowest BCUT2D eigenvalue weighted by Gasteiger charge is -2.16. The predicted molar refractivity (Wildman–Crippen MR) is 74.1 cm³/mol. The Kier molecular flexibility index (Phi) is 4.24. The molecule has 5 heteroatoms. The minimum atomic E-state index is -0.467. The van der Waals surface area contributed by atoms with E-state index in [2.05, 4.69) is 0 Å². The van der Waals surface area contributed by atoms with Crippen molar-refractivity contribution in [3.63, 3.8) is 0 Å². The number of epoxide rings is 1. The van der Waals surface area contributed by atoms with Crippen molar-refractivity contribution in [2.45, 2.75) is 37.9 Å². The Morgan fingerprint density at radius 1 is 1.33 bits per heavy atom. The fraction of sp³-hybridized carbons (Fsp3) is 0.562. The highest BCUT2D eigenvalue weighted by atomic mass is 16.8. The van der Waals surface area contributed by atoms with Gasteiger partial charge in [-0.25, -0.2) is 0 Å². The summed E-state index contributed by atoms with van der Waals surface area (Å²) in [5, 5.41) is 9.84. The Morgan fingerprint density at radius 3 is 2.76 bits per heavy atom. The molecule has 3 rings (SSSR count). The van der Waals surface area contributed by atoms with Gasteiger partial charge in [0.25, 0.3) is 0 Å². The highest BCUT2D eigenvalue weighted by molar-refractivity contribution is 5.73. The molecule has 21 heavy (non-hydrogen) atoms. The minimum absolute atomic E-state index is 0.0202. The van der Waals surface area contributed by atoms with E-state index in [1.165, 1.54) is 0 Å². The van der Waals surface area contributed by atoms with Gasteiger partial charge in [-0.1, -0.05) is 30.3 Å². The molecular formula is C16H20O5. The standard InChI is InChI=1S/C16H20O5/c1-19-16-14(21-16)12-7-11(17)8-13(12)15(18)20-9-10-5-3-2-4-6-10/h2-6,11-14,16-17H,7-9H2,1H3/t11-,12+,13+,14?,16?/m0/s1. The molecule has 1 aromatic carbocycles. The number of rotatable bonds is 5. The summed E-state index contributed by atoms with van der Waals surface area (Å²) in [6, 6.07) is 9.57. The summed E-state index contributed by atoms with van der Waals surface area (Å²) in [4.78, 5) is 12.3. The molecule has 0 radical (unpaired) electrons. The van der Waals surface area contributed by atoms with Crippen molar-refractivity contribution in [2.75, 3.05) is 7.11 Å². The van der Waals surface area contributed by atoms with Crippen molar-refractivity contribution in [3.05, 3.63) is 35.9 Å². The van der Waals surface area contributed by atoms with E-state index in [0.717, 1.165) is 5.56 Å². The van der Waals surface area contributed by atoms with Gasteiger partial charge in [-0.2, -0.15) is 0 Å². The maximum Gasteiger partial charge on any atom is 0.309 e. The predicted octanol–water partition coefficient (Wildman–Crippen LogP) is 1.49. The van der Waals surface area contributed by atoms with Gasteiger partial charge in [0, 0.05) is 13.0 Å². The van der Waals surface area contributed by atoms with E-state index in [-0.39, 0.29) is 36.8 Å². The molecule has 2 fully saturated rings. The number of hydrogen-bond donors (Lipinski definition) is 1. The molecule has 0 bridgehead atoms. The summed E-state index contributed by atoms with van der Waals surface area (Å²) in [5.74, 6) is -0.590. The Morgan fingerprint density at radius 2 is 2.10 bits per heavy atom. The lowest BCUT2D eigenvalue weighted by Crippen LogP contribution is -2.26. The van der Waals surface area contributed by atoms with Crippen LogP contribution in [0.1, 0.15) is 18.4 Å². The first-order valence-corrected chi connectivity index (χ1v) is 7.26. The molecule has 1 saturated heterocycles. The largest absolute Gasteiger partial charge is 0.461 e. The second-order valence-electron chi connectivity index (χ2n) is 5.69.